The Hall–Kier alpha value is -0.680. The summed E-state index contributed by atoms with van der Waals surface area (Å²) in [7, 11) is 1.52. The zero-order valence-corrected chi connectivity index (χ0v) is 7.12. The first-order valence-corrected chi connectivity index (χ1v) is 3.69. The van der Waals surface area contributed by atoms with Gasteiger partial charge in [-0.2, -0.15) is 0 Å². The summed E-state index contributed by atoms with van der Waals surface area (Å²) in [6, 6.07) is 0. The van der Waals surface area contributed by atoms with E-state index in [1.165, 1.54) is 12.0 Å². The fourth-order valence-corrected chi connectivity index (χ4v) is 0.801. The highest BCUT2D eigenvalue weighted by Crippen LogP contribution is 1.88. The van der Waals surface area contributed by atoms with Crippen LogP contribution in [0.3, 0.4) is 0 Å². The van der Waals surface area contributed by atoms with E-state index >= 15 is 0 Å². The number of carbonyl (C=O) groups is 1. The molecule has 0 aliphatic carbocycles. The van der Waals surface area contributed by atoms with Crippen LogP contribution in [0.4, 0.5) is 4.39 Å². The van der Waals surface area contributed by atoms with Crippen molar-refractivity contribution in [2.75, 3.05) is 40.0 Å². The van der Waals surface area contributed by atoms with Crippen molar-refractivity contribution < 1.29 is 19.0 Å². The van der Waals surface area contributed by atoms with E-state index in [1.807, 2.05) is 0 Å². The van der Waals surface area contributed by atoms with Crippen LogP contribution < -0.4 is 0 Å². The molecule has 0 aliphatic rings. The average molecular weight is 179 g/mol. The number of carboxylic acid groups (broad SMARTS) is 1. The number of nitrogens with zero attached hydrogens (tertiary/aromatic N) is 1. The van der Waals surface area contributed by atoms with Crippen molar-refractivity contribution >= 4 is 5.97 Å². The normalized spacial score (nSPS) is 10.6. The molecule has 0 fully saturated rings. The second-order valence-corrected chi connectivity index (χ2v) is 2.35. The van der Waals surface area contributed by atoms with Crippen LogP contribution in [0.2, 0.25) is 0 Å². The summed E-state index contributed by atoms with van der Waals surface area (Å²) in [4.78, 5) is 11.7. The van der Waals surface area contributed by atoms with Gasteiger partial charge in [-0.15, -0.1) is 0 Å². The minimum absolute atomic E-state index is 0.132. The zero-order chi connectivity index (χ0) is 9.40. The van der Waals surface area contributed by atoms with Gasteiger partial charge in [0.05, 0.1) is 13.2 Å². The summed E-state index contributed by atoms with van der Waals surface area (Å²) in [5.74, 6) is -0.945. The van der Waals surface area contributed by atoms with Gasteiger partial charge < -0.3 is 9.84 Å². The third-order valence-electron chi connectivity index (χ3n) is 1.37. The summed E-state index contributed by atoms with van der Waals surface area (Å²) in [6.07, 6.45) is 0. The van der Waals surface area contributed by atoms with Crippen molar-refractivity contribution in [2.24, 2.45) is 0 Å². The molecule has 0 aromatic heterocycles. The molecule has 0 heterocycles. The number of alkyl halides is 1. The fourth-order valence-electron chi connectivity index (χ4n) is 0.801. The van der Waals surface area contributed by atoms with E-state index in [-0.39, 0.29) is 13.1 Å². The van der Waals surface area contributed by atoms with Crippen molar-refractivity contribution in [3.8, 4) is 0 Å². The first-order chi connectivity index (χ1) is 5.70. The second-order valence-electron chi connectivity index (χ2n) is 2.35. The summed E-state index contributed by atoms with van der Waals surface area (Å²) >= 11 is 0. The van der Waals surface area contributed by atoms with Gasteiger partial charge in [0.1, 0.15) is 6.67 Å². The predicted molar refractivity (Wildman–Crippen MR) is 41.9 cm³/mol. The van der Waals surface area contributed by atoms with Crippen LogP contribution in [0.1, 0.15) is 0 Å². The highest BCUT2D eigenvalue weighted by atomic mass is 19.1. The Morgan fingerprint density at radius 3 is 2.67 bits per heavy atom. The summed E-state index contributed by atoms with van der Waals surface area (Å²) < 4.78 is 16.6. The molecule has 0 aromatic rings. The quantitative estimate of drug-likeness (QED) is 0.597. The number of ether oxygens (including phenoxy) is 1. The van der Waals surface area contributed by atoms with Crippen LogP contribution in [0.25, 0.3) is 0 Å². The highest BCUT2D eigenvalue weighted by molar-refractivity contribution is 5.69. The maximum absolute atomic E-state index is 11.8. The maximum Gasteiger partial charge on any atom is 0.317 e. The predicted octanol–water partition coefficient (Wildman–Crippen LogP) is -0.0111. The molecule has 12 heavy (non-hydrogen) atoms. The second kappa shape index (κ2) is 7.00. The third kappa shape index (κ3) is 6.06. The van der Waals surface area contributed by atoms with Crippen molar-refractivity contribution in [1.82, 2.24) is 4.90 Å². The van der Waals surface area contributed by atoms with E-state index in [0.717, 1.165) is 0 Å². The van der Waals surface area contributed by atoms with Gasteiger partial charge in [-0.05, 0) is 0 Å². The molecule has 0 spiro atoms. The van der Waals surface area contributed by atoms with Gasteiger partial charge >= 0.3 is 5.97 Å². The molecule has 4 nitrogen and oxygen atoms in total. The van der Waals surface area contributed by atoms with E-state index in [2.05, 4.69) is 0 Å². The molecule has 1 N–H and O–H groups in total. The number of halogens is 1. The molecule has 0 aliphatic heterocycles. The number of aliphatic carboxylic acids is 1. The summed E-state index contributed by atoms with van der Waals surface area (Å²) in [5.41, 5.74) is 0. The first kappa shape index (κ1) is 11.3. The molecule has 5 heteroatoms. The van der Waals surface area contributed by atoms with Gasteiger partial charge in [-0.3, -0.25) is 9.69 Å². The largest absolute Gasteiger partial charge is 0.480 e. The van der Waals surface area contributed by atoms with Crippen LogP contribution in [-0.4, -0.2) is 56.0 Å². The number of hydrogen-bond donors (Lipinski definition) is 1. The SMILES string of the molecule is COCCN(CCF)CC(=O)O. The maximum atomic E-state index is 11.8. The van der Waals surface area contributed by atoms with Crippen LogP contribution in [-0.2, 0) is 9.53 Å². The number of hydrogen-bond acceptors (Lipinski definition) is 3. The van der Waals surface area contributed by atoms with E-state index in [0.29, 0.717) is 13.2 Å². The van der Waals surface area contributed by atoms with Crippen molar-refractivity contribution in [1.29, 1.82) is 0 Å². The van der Waals surface area contributed by atoms with Gasteiger partial charge in [-0.1, -0.05) is 0 Å². The van der Waals surface area contributed by atoms with Crippen molar-refractivity contribution in [3.05, 3.63) is 0 Å². The van der Waals surface area contributed by atoms with E-state index < -0.39 is 12.6 Å². The Labute approximate surface area is 70.9 Å². The highest BCUT2D eigenvalue weighted by Gasteiger charge is 2.07. The van der Waals surface area contributed by atoms with Gasteiger partial charge in [0.15, 0.2) is 0 Å². The van der Waals surface area contributed by atoms with E-state index in [4.69, 9.17) is 9.84 Å². The molecule has 0 amide bonds. The standard InChI is InChI=1S/C7H14FNO3/c1-12-5-4-9(3-2-8)6-7(10)11/h2-6H2,1H3,(H,10,11). The molecule has 72 valence electrons. The first-order valence-electron chi connectivity index (χ1n) is 3.69. The van der Waals surface area contributed by atoms with E-state index in [1.54, 1.807) is 0 Å². The zero-order valence-electron chi connectivity index (χ0n) is 7.12. The van der Waals surface area contributed by atoms with Gasteiger partial charge in [0.2, 0.25) is 0 Å². The number of methoxy groups -OCH3 is 1. The van der Waals surface area contributed by atoms with Crippen molar-refractivity contribution in [3.63, 3.8) is 0 Å². The molecular formula is C7H14FNO3. The molecule has 0 unspecified atom stereocenters. The van der Waals surface area contributed by atoms with Crippen molar-refractivity contribution in [2.45, 2.75) is 0 Å². The Bertz CT molecular complexity index is 132. The number of carboxylic acids is 1. The molecule has 0 aromatic carbocycles. The monoisotopic (exact) mass is 179 g/mol. The molecular weight excluding hydrogens is 165 g/mol. The lowest BCUT2D eigenvalue weighted by Gasteiger charge is -2.17. The third-order valence-corrected chi connectivity index (χ3v) is 1.37. The molecule has 0 saturated carbocycles. The molecule has 0 saturated heterocycles. The minimum atomic E-state index is -0.945. The number of rotatable bonds is 7. The van der Waals surface area contributed by atoms with Crippen LogP contribution >= 0.6 is 0 Å². The molecule has 0 bridgehead atoms. The molecule has 0 rings (SSSR count). The van der Waals surface area contributed by atoms with Crippen LogP contribution in [0.15, 0.2) is 0 Å². The lowest BCUT2D eigenvalue weighted by atomic mass is 10.4. The summed E-state index contributed by atoms with van der Waals surface area (Å²) in [5, 5.41) is 8.40. The van der Waals surface area contributed by atoms with Crippen LogP contribution in [0, 0.1) is 0 Å². The topological polar surface area (TPSA) is 49.8 Å². The van der Waals surface area contributed by atoms with E-state index in [9.17, 15) is 9.18 Å². The van der Waals surface area contributed by atoms with Crippen LogP contribution in [0.5, 0.6) is 0 Å². The van der Waals surface area contributed by atoms with Gasteiger partial charge in [0, 0.05) is 20.2 Å². The fraction of sp³-hybridized carbons (Fsp3) is 0.857. The minimum Gasteiger partial charge on any atom is -0.480 e. The molecule has 0 atom stereocenters. The van der Waals surface area contributed by atoms with Gasteiger partial charge in [-0.25, -0.2) is 4.39 Å². The lowest BCUT2D eigenvalue weighted by molar-refractivity contribution is -0.138. The Kier molecular flexibility index (Phi) is 6.60. The Balaban J connectivity index is 3.61. The average Bonchev–Trinajstić information content (AvgIpc) is 2.00. The Morgan fingerprint density at radius 2 is 2.25 bits per heavy atom. The smallest absolute Gasteiger partial charge is 0.317 e. The molecule has 0 radical (unpaired) electrons. The van der Waals surface area contributed by atoms with Gasteiger partial charge in [0.25, 0.3) is 0 Å². The Morgan fingerprint density at radius 1 is 1.58 bits per heavy atom. The summed E-state index contributed by atoms with van der Waals surface area (Å²) in [6.45, 7) is 0.361. The lowest BCUT2D eigenvalue weighted by Crippen LogP contribution is -2.34.